The molecule has 0 bridgehead atoms. The Morgan fingerprint density at radius 1 is 0.841 bits per heavy atom. The molecule has 2 atom stereocenters. The molecule has 1 unspecified atom stereocenters. The molecule has 44 heavy (non-hydrogen) atoms. The predicted octanol–water partition coefficient (Wildman–Crippen LogP) is 6.19. The Morgan fingerprint density at radius 2 is 1.43 bits per heavy atom. The van der Waals surface area contributed by atoms with Gasteiger partial charge in [-0.05, 0) is 63.6 Å². The van der Waals surface area contributed by atoms with Gasteiger partial charge in [-0.1, -0.05) is 77.8 Å². The second-order valence-corrected chi connectivity index (χ2v) is 12.6. The first-order valence-corrected chi connectivity index (χ1v) is 16.0. The van der Waals surface area contributed by atoms with Crippen LogP contribution >= 0.6 is 0 Å². The van der Waals surface area contributed by atoms with Gasteiger partial charge in [0, 0.05) is 18.8 Å². The fraction of sp³-hybridized carbons (Fsp3) is 0.697. The molecule has 0 aliphatic carbocycles. The van der Waals surface area contributed by atoms with Crippen molar-refractivity contribution in [2.75, 3.05) is 18.4 Å². The molecule has 3 amide bonds. The second-order valence-electron chi connectivity index (χ2n) is 12.6. The molecule has 0 radical (unpaired) electrons. The van der Waals surface area contributed by atoms with Gasteiger partial charge in [-0.25, -0.2) is 9.59 Å². The van der Waals surface area contributed by atoms with E-state index in [0.717, 1.165) is 25.7 Å². The molecule has 1 aromatic rings. The monoisotopic (exact) mass is 620 g/mol. The van der Waals surface area contributed by atoms with E-state index in [2.05, 4.69) is 22.9 Å². The van der Waals surface area contributed by atoms with E-state index in [1.165, 1.54) is 25.7 Å². The number of anilines is 1. The summed E-state index contributed by atoms with van der Waals surface area (Å²) in [5, 5.41) is 8.08. The maximum Gasteiger partial charge on any atom is 0.509 e. The predicted molar refractivity (Wildman–Crippen MR) is 172 cm³/mol. The number of ether oxygens (including phenoxy) is 3. The molecule has 250 valence electrons. The highest BCUT2D eigenvalue weighted by molar-refractivity contribution is 5.94. The molecule has 1 aromatic carbocycles. The Bertz CT molecular complexity index is 993. The Kier molecular flexibility index (Phi) is 18.8. The zero-order valence-corrected chi connectivity index (χ0v) is 27.7. The van der Waals surface area contributed by atoms with Crippen LogP contribution < -0.4 is 21.7 Å². The van der Waals surface area contributed by atoms with E-state index in [9.17, 15) is 19.2 Å². The first kappa shape index (κ1) is 38.7. The lowest BCUT2D eigenvalue weighted by molar-refractivity contribution is -0.131. The molecular weight excluding hydrogens is 564 g/mol. The largest absolute Gasteiger partial charge is 0.509 e. The fourth-order valence-electron chi connectivity index (χ4n) is 4.31. The maximum atomic E-state index is 12.9. The summed E-state index contributed by atoms with van der Waals surface area (Å²) in [6.07, 6.45) is 7.14. The molecular formula is C33H56N4O7. The van der Waals surface area contributed by atoms with Crippen LogP contribution in [-0.4, -0.2) is 54.9 Å². The molecule has 1 rings (SSSR count). The quantitative estimate of drug-likeness (QED) is 0.0992. The Balaban J connectivity index is 2.59. The van der Waals surface area contributed by atoms with Gasteiger partial charge in [0.15, 0.2) is 6.10 Å². The fourth-order valence-corrected chi connectivity index (χ4v) is 4.31. The number of alkyl carbamates (subject to hydrolysis) is 1. The number of carbonyl (C=O) groups excluding carboxylic acids is 4. The SMILES string of the molecule is CCCCCCCCCCC(OC(=O)OCc1ccc(NC(=O)[C@@H](N)CC(C)C)cc1)C(=O)NCCNC(=O)OC(C)(C)C. The molecule has 0 saturated heterocycles. The zero-order chi connectivity index (χ0) is 33.0. The number of hydrogen-bond acceptors (Lipinski definition) is 8. The van der Waals surface area contributed by atoms with Crippen molar-refractivity contribution in [2.24, 2.45) is 11.7 Å². The number of unbranched alkanes of at least 4 members (excludes halogenated alkanes) is 7. The van der Waals surface area contributed by atoms with Crippen molar-refractivity contribution in [1.82, 2.24) is 10.6 Å². The van der Waals surface area contributed by atoms with Crippen LogP contribution in [0.4, 0.5) is 15.3 Å². The highest BCUT2D eigenvalue weighted by Crippen LogP contribution is 2.15. The summed E-state index contributed by atoms with van der Waals surface area (Å²) in [6, 6.07) is 6.25. The topological polar surface area (TPSA) is 158 Å². The molecule has 0 spiro atoms. The third kappa shape index (κ3) is 19.0. The molecule has 11 nitrogen and oxygen atoms in total. The minimum absolute atomic E-state index is 0.0637. The third-order valence-electron chi connectivity index (χ3n) is 6.58. The van der Waals surface area contributed by atoms with E-state index in [4.69, 9.17) is 19.9 Å². The number of rotatable bonds is 20. The van der Waals surface area contributed by atoms with Crippen LogP contribution in [0.1, 0.15) is 111 Å². The molecule has 0 fully saturated rings. The summed E-state index contributed by atoms with van der Waals surface area (Å²) < 4.78 is 15.9. The molecule has 0 heterocycles. The highest BCUT2D eigenvalue weighted by atomic mass is 16.7. The van der Waals surface area contributed by atoms with Crippen molar-refractivity contribution in [3.63, 3.8) is 0 Å². The van der Waals surface area contributed by atoms with Gasteiger partial charge in [-0.2, -0.15) is 0 Å². The van der Waals surface area contributed by atoms with Gasteiger partial charge >= 0.3 is 12.2 Å². The summed E-state index contributed by atoms with van der Waals surface area (Å²) in [7, 11) is 0. The minimum Gasteiger partial charge on any atom is -0.444 e. The lowest BCUT2D eigenvalue weighted by atomic mass is 10.0. The van der Waals surface area contributed by atoms with E-state index < -0.39 is 35.9 Å². The van der Waals surface area contributed by atoms with Crippen LogP contribution in [0.3, 0.4) is 0 Å². The lowest BCUT2D eigenvalue weighted by Gasteiger charge is -2.20. The van der Waals surface area contributed by atoms with Crippen LogP contribution in [0.5, 0.6) is 0 Å². The van der Waals surface area contributed by atoms with E-state index >= 15 is 0 Å². The average molecular weight is 621 g/mol. The first-order chi connectivity index (χ1) is 20.8. The summed E-state index contributed by atoms with van der Waals surface area (Å²) >= 11 is 0. The van der Waals surface area contributed by atoms with E-state index in [0.29, 0.717) is 30.0 Å². The second kappa shape index (κ2) is 21.4. The van der Waals surface area contributed by atoms with Crippen molar-refractivity contribution in [1.29, 1.82) is 0 Å². The molecule has 0 aliphatic rings. The Hall–Kier alpha value is -3.34. The molecule has 0 saturated carbocycles. The smallest absolute Gasteiger partial charge is 0.444 e. The molecule has 0 aliphatic heterocycles. The van der Waals surface area contributed by atoms with Gasteiger partial charge in [-0.3, -0.25) is 9.59 Å². The maximum absolute atomic E-state index is 12.9. The van der Waals surface area contributed by atoms with Crippen molar-refractivity contribution in [2.45, 2.75) is 130 Å². The van der Waals surface area contributed by atoms with Crippen LogP contribution in [0, 0.1) is 5.92 Å². The third-order valence-corrected chi connectivity index (χ3v) is 6.58. The van der Waals surface area contributed by atoms with Crippen LogP contribution in [0.15, 0.2) is 24.3 Å². The summed E-state index contributed by atoms with van der Waals surface area (Å²) in [5.41, 5.74) is 6.59. The lowest BCUT2D eigenvalue weighted by Crippen LogP contribution is -2.42. The van der Waals surface area contributed by atoms with Gasteiger partial charge in [0.1, 0.15) is 12.2 Å². The number of benzene rings is 1. The van der Waals surface area contributed by atoms with E-state index in [-0.39, 0.29) is 25.6 Å². The van der Waals surface area contributed by atoms with Gasteiger partial charge in [0.25, 0.3) is 5.91 Å². The Morgan fingerprint density at radius 3 is 2.02 bits per heavy atom. The summed E-state index contributed by atoms with van der Waals surface area (Å²) in [4.78, 5) is 49.5. The van der Waals surface area contributed by atoms with Crippen LogP contribution in [0.25, 0.3) is 0 Å². The number of carbonyl (C=O) groups is 4. The summed E-state index contributed by atoms with van der Waals surface area (Å²) in [5.74, 6) is -0.401. The number of nitrogens with one attached hydrogen (secondary N) is 3. The minimum atomic E-state index is -1.02. The zero-order valence-electron chi connectivity index (χ0n) is 27.7. The number of amides is 3. The standard InChI is InChI=1S/C33H56N4O7/c1-7-8-9-10-11-12-13-14-15-28(30(39)35-20-21-36-31(40)44-33(4,5)6)43-32(41)42-23-25-16-18-26(19-17-25)37-29(38)27(34)22-24(2)3/h16-19,24,27-28H,7-15,20-23,34H2,1-6H3,(H,35,39)(H,36,40)(H,37,38)/t27-,28?/m0/s1. The average Bonchev–Trinajstić information content (AvgIpc) is 2.94. The van der Waals surface area contributed by atoms with Gasteiger partial charge < -0.3 is 35.9 Å². The normalized spacial score (nSPS) is 12.6. The van der Waals surface area contributed by atoms with Crippen LogP contribution in [-0.2, 0) is 30.4 Å². The Labute approximate surface area is 263 Å². The van der Waals surface area contributed by atoms with Gasteiger partial charge in [-0.15, -0.1) is 0 Å². The number of hydrogen-bond donors (Lipinski definition) is 4. The van der Waals surface area contributed by atoms with E-state index in [1.807, 2.05) is 13.8 Å². The van der Waals surface area contributed by atoms with Crippen molar-refractivity contribution in [3.8, 4) is 0 Å². The van der Waals surface area contributed by atoms with Crippen LogP contribution in [0.2, 0.25) is 0 Å². The highest BCUT2D eigenvalue weighted by Gasteiger charge is 2.24. The van der Waals surface area contributed by atoms with Gasteiger partial charge in [0.05, 0.1) is 6.04 Å². The molecule has 5 N–H and O–H groups in total. The van der Waals surface area contributed by atoms with Crippen molar-refractivity contribution >= 4 is 29.8 Å². The molecule has 11 heteroatoms. The van der Waals surface area contributed by atoms with Crippen molar-refractivity contribution < 1.29 is 33.4 Å². The molecule has 0 aromatic heterocycles. The summed E-state index contributed by atoms with van der Waals surface area (Å²) in [6.45, 7) is 11.7. The van der Waals surface area contributed by atoms with Crippen molar-refractivity contribution in [3.05, 3.63) is 29.8 Å². The van der Waals surface area contributed by atoms with E-state index in [1.54, 1.807) is 45.0 Å². The first-order valence-electron chi connectivity index (χ1n) is 16.0. The number of nitrogens with two attached hydrogens (primary N) is 1. The van der Waals surface area contributed by atoms with Gasteiger partial charge in [0.2, 0.25) is 5.91 Å².